The van der Waals surface area contributed by atoms with Gasteiger partial charge in [0.15, 0.2) is 0 Å². The molecule has 0 fully saturated rings. The van der Waals surface area contributed by atoms with Crippen molar-refractivity contribution in [3.63, 3.8) is 0 Å². The van der Waals surface area contributed by atoms with E-state index in [0.29, 0.717) is 0 Å². The Morgan fingerprint density at radius 2 is 1.75 bits per heavy atom. The second-order valence-electron chi connectivity index (χ2n) is 3.72. The highest BCUT2D eigenvalue weighted by atomic mass is 35.5. The molecular formula is C9H16Cl2O4P+. The van der Waals surface area contributed by atoms with Gasteiger partial charge in [0.1, 0.15) is 0 Å². The van der Waals surface area contributed by atoms with Crippen LogP contribution in [-0.2, 0) is 18.8 Å². The molecule has 0 aliphatic heterocycles. The topological polar surface area (TPSA) is 52.6 Å². The van der Waals surface area contributed by atoms with Crippen LogP contribution in [0.2, 0.25) is 0 Å². The van der Waals surface area contributed by atoms with Crippen molar-refractivity contribution in [1.29, 1.82) is 0 Å². The summed E-state index contributed by atoms with van der Waals surface area (Å²) in [4.78, 5) is 11.4. The van der Waals surface area contributed by atoms with Crippen LogP contribution in [0.15, 0.2) is 0 Å². The fourth-order valence-electron chi connectivity index (χ4n) is 0.685. The van der Waals surface area contributed by atoms with Gasteiger partial charge in [0.05, 0.1) is 12.2 Å². The molecule has 7 heteroatoms. The van der Waals surface area contributed by atoms with Crippen molar-refractivity contribution < 1.29 is 18.8 Å². The van der Waals surface area contributed by atoms with Crippen molar-refractivity contribution in [3.05, 3.63) is 0 Å². The van der Waals surface area contributed by atoms with Gasteiger partial charge in [0.2, 0.25) is 6.35 Å². The number of esters is 1. The van der Waals surface area contributed by atoms with E-state index in [4.69, 9.17) is 32.7 Å². The standard InChI is InChI=1S/C9H16Cl2O4P/c1-6(2)14-5-16(13)9(10,11)8(12)15-7(3)4/h6-7H,5H2,1-4H3/q+1. The molecular weight excluding hydrogens is 274 g/mol. The molecule has 0 bridgehead atoms. The van der Waals surface area contributed by atoms with E-state index in [9.17, 15) is 9.36 Å². The third-order valence-corrected chi connectivity index (χ3v) is 4.06. The maximum Gasteiger partial charge on any atom is 0.418 e. The summed E-state index contributed by atoms with van der Waals surface area (Å²) in [6, 6.07) is 0. The van der Waals surface area contributed by atoms with Gasteiger partial charge in [-0.25, -0.2) is 4.79 Å². The van der Waals surface area contributed by atoms with E-state index in [2.05, 4.69) is 0 Å². The predicted octanol–water partition coefficient (Wildman–Crippen LogP) is 3.28. The van der Waals surface area contributed by atoms with Crippen LogP contribution in [-0.4, -0.2) is 28.6 Å². The SMILES string of the molecule is CC(C)OC[P+](=O)C(Cl)(Cl)C(=O)OC(C)C. The number of hydrogen-bond acceptors (Lipinski definition) is 4. The van der Waals surface area contributed by atoms with E-state index in [1.807, 2.05) is 0 Å². The minimum Gasteiger partial charge on any atom is -0.457 e. The summed E-state index contributed by atoms with van der Waals surface area (Å²) >= 11 is 11.4. The molecule has 0 saturated carbocycles. The first-order valence-electron chi connectivity index (χ1n) is 4.83. The minimum absolute atomic E-state index is 0.107. The summed E-state index contributed by atoms with van der Waals surface area (Å²) in [6.07, 6.45) is -0.643. The first-order chi connectivity index (χ1) is 7.17. The van der Waals surface area contributed by atoms with Crippen LogP contribution in [0.25, 0.3) is 0 Å². The average Bonchev–Trinajstić information content (AvgIpc) is 2.12. The van der Waals surface area contributed by atoms with E-state index in [-0.39, 0.29) is 18.6 Å². The maximum atomic E-state index is 11.7. The Labute approximate surface area is 106 Å². The lowest BCUT2D eigenvalue weighted by Gasteiger charge is -2.12. The Kier molecular flexibility index (Phi) is 6.80. The monoisotopic (exact) mass is 289 g/mol. The molecule has 0 N–H and O–H groups in total. The third kappa shape index (κ3) is 5.44. The molecule has 0 aromatic carbocycles. The van der Waals surface area contributed by atoms with Crippen LogP contribution < -0.4 is 0 Å². The predicted molar refractivity (Wildman–Crippen MR) is 64.4 cm³/mol. The summed E-state index contributed by atoms with van der Waals surface area (Å²) in [5, 5.41) is 0. The van der Waals surface area contributed by atoms with Gasteiger partial charge in [0.25, 0.3) is 0 Å². The number of rotatable bonds is 6. The molecule has 4 nitrogen and oxygen atoms in total. The van der Waals surface area contributed by atoms with Crippen LogP contribution in [0.4, 0.5) is 0 Å². The Hall–Kier alpha value is 0.110. The van der Waals surface area contributed by atoms with Gasteiger partial charge >= 0.3 is 17.8 Å². The summed E-state index contributed by atoms with van der Waals surface area (Å²) in [5.74, 6) is -0.903. The molecule has 0 radical (unpaired) electrons. The Morgan fingerprint density at radius 1 is 1.25 bits per heavy atom. The van der Waals surface area contributed by atoms with E-state index < -0.39 is 17.8 Å². The molecule has 0 rings (SSSR count). The lowest BCUT2D eigenvalue weighted by molar-refractivity contribution is -0.146. The molecule has 0 amide bonds. The van der Waals surface area contributed by atoms with E-state index >= 15 is 0 Å². The molecule has 16 heavy (non-hydrogen) atoms. The van der Waals surface area contributed by atoms with Crippen molar-refractivity contribution in [2.24, 2.45) is 0 Å². The molecule has 0 heterocycles. The number of halogens is 2. The summed E-state index contributed by atoms with van der Waals surface area (Å²) < 4.78 is 19.5. The Bertz CT molecular complexity index is 266. The smallest absolute Gasteiger partial charge is 0.418 e. The highest BCUT2D eigenvalue weighted by molar-refractivity contribution is 7.53. The maximum absolute atomic E-state index is 11.7. The van der Waals surface area contributed by atoms with Crippen LogP contribution in [0.5, 0.6) is 0 Å². The molecule has 1 atom stereocenters. The molecule has 0 aliphatic rings. The Balaban J connectivity index is 4.40. The quantitative estimate of drug-likeness (QED) is 0.428. The van der Waals surface area contributed by atoms with Gasteiger partial charge in [-0.15, -0.1) is 0 Å². The van der Waals surface area contributed by atoms with Gasteiger partial charge in [-0.2, -0.15) is 0 Å². The molecule has 0 saturated heterocycles. The van der Waals surface area contributed by atoms with Crippen molar-refractivity contribution in [1.82, 2.24) is 0 Å². The van der Waals surface area contributed by atoms with Gasteiger partial charge in [-0.1, -0.05) is 4.57 Å². The normalized spacial score (nSPS) is 13.1. The zero-order valence-electron chi connectivity index (χ0n) is 9.70. The van der Waals surface area contributed by atoms with Crippen LogP contribution >= 0.6 is 31.0 Å². The molecule has 1 unspecified atom stereocenters. The Morgan fingerprint density at radius 3 is 2.12 bits per heavy atom. The summed E-state index contributed by atoms with van der Waals surface area (Å²) in [7, 11) is -2.24. The highest BCUT2D eigenvalue weighted by Crippen LogP contribution is 2.47. The van der Waals surface area contributed by atoms with Crippen molar-refractivity contribution >= 4 is 37.0 Å². The second-order valence-corrected chi connectivity index (χ2v) is 7.26. The average molecular weight is 290 g/mol. The lowest BCUT2D eigenvalue weighted by Crippen LogP contribution is -2.28. The number of hydrogen-bond donors (Lipinski definition) is 0. The molecule has 0 aliphatic carbocycles. The summed E-state index contributed by atoms with van der Waals surface area (Å²) in [5.41, 5.74) is 0. The first-order valence-corrected chi connectivity index (χ1v) is 7.03. The molecule has 0 aromatic heterocycles. The highest BCUT2D eigenvalue weighted by Gasteiger charge is 2.55. The second kappa shape index (κ2) is 6.75. The number of alkyl halides is 2. The fraction of sp³-hybridized carbons (Fsp3) is 0.889. The lowest BCUT2D eigenvalue weighted by atomic mass is 10.5. The first kappa shape index (κ1) is 16.1. The molecule has 0 spiro atoms. The van der Waals surface area contributed by atoms with E-state index in [0.717, 1.165) is 0 Å². The van der Waals surface area contributed by atoms with E-state index in [1.165, 1.54) is 0 Å². The van der Waals surface area contributed by atoms with Crippen molar-refractivity contribution in [3.8, 4) is 0 Å². The summed E-state index contributed by atoms with van der Waals surface area (Å²) in [6.45, 7) is 6.86. The van der Waals surface area contributed by atoms with Gasteiger partial charge in [0, 0.05) is 0 Å². The number of ether oxygens (including phenoxy) is 2. The van der Waals surface area contributed by atoms with E-state index in [1.54, 1.807) is 27.7 Å². The molecule has 94 valence electrons. The number of carbonyl (C=O) groups excluding carboxylic acids is 1. The minimum atomic E-state index is -2.24. The molecule has 0 aromatic rings. The van der Waals surface area contributed by atoms with Gasteiger partial charge in [-0.3, -0.25) is 0 Å². The van der Waals surface area contributed by atoms with Crippen LogP contribution in [0.1, 0.15) is 27.7 Å². The van der Waals surface area contributed by atoms with Crippen molar-refractivity contribution in [2.75, 3.05) is 6.35 Å². The van der Waals surface area contributed by atoms with Crippen LogP contribution in [0, 0.1) is 0 Å². The zero-order chi connectivity index (χ0) is 12.9. The zero-order valence-corrected chi connectivity index (χ0v) is 12.1. The number of carbonyl (C=O) groups is 1. The van der Waals surface area contributed by atoms with Crippen LogP contribution in [0.3, 0.4) is 0 Å². The van der Waals surface area contributed by atoms with Gasteiger partial charge < -0.3 is 9.47 Å². The van der Waals surface area contributed by atoms with Gasteiger partial charge in [-0.05, 0) is 50.9 Å². The fourth-order valence-corrected chi connectivity index (χ4v) is 1.92. The largest absolute Gasteiger partial charge is 0.457 e. The van der Waals surface area contributed by atoms with Crippen molar-refractivity contribution in [2.45, 2.75) is 44.0 Å². The third-order valence-electron chi connectivity index (χ3n) is 1.43.